The van der Waals surface area contributed by atoms with Crippen molar-refractivity contribution in [3.63, 3.8) is 0 Å². The Balaban J connectivity index is 0. The molecule has 0 aliphatic heterocycles. The van der Waals surface area contributed by atoms with Crippen LogP contribution in [0.3, 0.4) is 0 Å². The van der Waals surface area contributed by atoms with Gasteiger partial charge in [-0.15, -0.1) is 0 Å². The summed E-state index contributed by atoms with van der Waals surface area (Å²) in [5.74, 6) is -2.77. The molecule has 8 N–H and O–H groups in total. The Morgan fingerprint density at radius 1 is 0.571 bits per heavy atom. The van der Waals surface area contributed by atoms with Crippen molar-refractivity contribution in [2.45, 2.75) is 0 Å². The second kappa shape index (κ2) is 18.2. The predicted octanol–water partition coefficient (Wildman–Crippen LogP) is -1.36. The number of benzene rings is 3. The molecule has 0 heterocycles. The van der Waals surface area contributed by atoms with Crippen molar-refractivity contribution in [1.29, 1.82) is 0 Å². The molecule has 0 saturated heterocycles. The second-order valence-electron chi connectivity index (χ2n) is 5.86. The maximum atomic E-state index is 10.7. The molecule has 185 valence electrons. The van der Waals surface area contributed by atoms with Gasteiger partial charge in [0.05, 0.1) is 16.7 Å². The second-order valence-corrected chi connectivity index (χ2v) is 5.86. The van der Waals surface area contributed by atoms with Gasteiger partial charge in [-0.2, -0.15) is 0 Å². The van der Waals surface area contributed by atoms with E-state index in [0.717, 1.165) is 0 Å². The molecular weight excluding hydrogens is 525 g/mol. The average molecular weight is 545 g/mol. The normalized spacial score (nSPS) is 8.66. The van der Waals surface area contributed by atoms with Crippen molar-refractivity contribution in [1.82, 2.24) is 16.4 Å². The quantitative estimate of drug-likeness (QED) is 0.111. The molecule has 0 bridgehead atoms. The number of rotatable bonds is 3. The zero-order chi connectivity index (χ0) is 24.8. The van der Waals surface area contributed by atoms with E-state index in [1.807, 2.05) is 0 Å². The molecular formula is C21H20CuN3NaO9. The van der Waals surface area contributed by atoms with Gasteiger partial charge >= 0.3 is 29.6 Å². The number of hydrogen-bond donors (Lipinski definition) is 8. The Morgan fingerprint density at radius 3 is 1.06 bits per heavy atom. The Kier molecular flexibility index (Phi) is 17.7. The van der Waals surface area contributed by atoms with Crippen LogP contribution in [0.15, 0.2) is 72.8 Å². The molecule has 3 aromatic carbocycles. The Bertz CT molecular complexity index is 966. The first-order chi connectivity index (χ1) is 15.8. The van der Waals surface area contributed by atoms with Crippen molar-refractivity contribution in [3.8, 4) is 17.2 Å². The molecule has 3 amide bonds. The minimum Gasteiger partial charge on any atom is -0.759 e. The van der Waals surface area contributed by atoms with Gasteiger partial charge in [-0.25, -0.2) is 11.0 Å². The first-order valence-electron chi connectivity index (χ1n) is 8.92. The van der Waals surface area contributed by atoms with Gasteiger partial charge in [-0.05, 0) is 36.4 Å². The van der Waals surface area contributed by atoms with Gasteiger partial charge in [0, 0.05) is 17.1 Å². The van der Waals surface area contributed by atoms with E-state index in [-0.39, 0.29) is 80.6 Å². The van der Waals surface area contributed by atoms with E-state index >= 15 is 0 Å². The fourth-order valence-electron chi connectivity index (χ4n) is 2.17. The smallest absolute Gasteiger partial charge is 0.759 e. The summed E-state index contributed by atoms with van der Waals surface area (Å²) < 4.78 is 0. The van der Waals surface area contributed by atoms with Crippen LogP contribution in [-0.4, -0.2) is 43.5 Å². The SMILES string of the molecule is O=C(NO)c1ccccc1O.O=C(NO)c1ccccc1O.O=C(N[O-])c1ccccc1O.[Cu].[Na+]. The summed E-state index contributed by atoms with van der Waals surface area (Å²) in [6.45, 7) is 0. The summed E-state index contributed by atoms with van der Waals surface area (Å²) in [7, 11) is 0. The molecule has 0 aliphatic carbocycles. The van der Waals surface area contributed by atoms with Crippen LogP contribution in [0, 0.1) is 5.21 Å². The van der Waals surface area contributed by atoms with Crippen LogP contribution in [-0.2, 0) is 17.1 Å². The number of carbonyl (C=O) groups excluding carboxylic acids is 3. The zero-order valence-electron chi connectivity index (χ0n) is 18.1. The number of aromatic hydroxyl groups is 3. The number of hydrogen-bond acceptors (Lipinski definition) is 9. The number of amides is 3. The van der Waals surface area contributed by atoms with Crippen molar-refractivity contribution < 1.29 is 86.7 Å². The van der Waals surface area contributed by atoms with Crippen molar-refractivity contribution in [2.24, 2.45) is 0 Å². The molecule has 3 rings (SSSR count). The average Bonchev–Trinajstić information content (AvgIpc) is 2.84. The maximum Gasteiger partial charge on any atom is 1.00 e. The molecule has 14 heteroatoms. The van der Waals surface area contributed by atoms with Crippen LogP contribution in [0.1, 0.15) is 31.1 Å². The summed E-state index contributed by atoms with van der Waals surface area (Å²) in [6, 6.07) is 17.7. The molecule has 12 nitrogen and oxygen atoms in total. The van der Waals surface area contributed by atoms with Crippen LogP contribution in [0.5, 0.6) is 17.2 Å². The molecule has 0 aliphatic rings. The molecule has 0 saturated carbocycles. The Morgan fingerprint density at radius 2 is 0.829 bits per heavy atom. The monoisotopic (exact) mass is 544 g/mol. The summed E-state index contributed by atoms with van der Waals surface area (Å²) in [4.78, 5) is 32.1. The van der Waals surface area contributed by atoms with Gasteiger partial charge in [0.15, 0.2) is 0 Å². The van der Waals surface area contributed by atoms with E-state index in [4.69, 9.17) is 25.7 Å². The molecule has 0 unspecified atom stereocenters. The first-order valence-corrected chi connectivity index (χ1v) is 8.92. The van der Waals surface area contributed by atoms with Crippen LogP contribution in [0.2, 0.25) is 0 Å². The summed E-state index contributed by atoms with van der Waals surface area (Å²) >= 11 is 0. The van der Waals surface area contributed by atoms with Gasteiger partial charge in [0.1, 0.15) is 17.2 Å². The van der Waals surface area contributed by atoms with Crippen molar-refractivity contribution in [3.05, 3.63) is 94.7 Å². The summed E-state index contributed by atoms with van der Waals surface area (Å²) in [6.07, 6.45) is 0. The van der Waals surface area contributed by atoms with Gasteiger partial charge in [-0.3, -0.25) is 24.8 Å². The topological polar surface area (TPSA) is 212 Å². The van der Waals surface area contributed by atoms with Crippen LogP contribution in [0.4, 0.5) is 0 Å². The molecule has 3 aromatic rings. The largest absolute Gasteiger partial charge is 1.00 e. The van der Waals surface area contributed by atoms with Gasteiger partial charge in [-0.1, -0.05) is 36.4 Å². The fraction of sp³-hybridized carbons (Fsp3) is 0. The molecule has 0 spiro atoms. The number of nitrogens with one attached hydrogen (secondary N) is 3. The van der Waals surface area contributed by atoms with E-state index in [0.29, 0.717) is 0 Å². The summed E-state index contributed by atoms with van der Waals surface area (Å²) in [5, 5.41) is 53.4. The van der Waals surface area contributed by atoms with Gasteiger partial charge < -0.3 is 26.0 Å². The van der Waals surface area contributed by atoms with Crippen molar-refractivity contribution >= 4 is 17.7 Å². The number of hydroxylamine groups is 3. The van der Waals surface area contributed by atoms with Crippen LogP contribution >= 0.6 is 0 Å². The van der Waals surface area contributed by atoms with Gasteiger partial charge in [0.2, 0.25) is 5.91 Å². The molecule has 0 atom stereocenters. The van der Waals surface area contributed by atoms with E-state index in [2.05, 4.69) is 0 Å². The third-order valence-electron chi connectivity index (χ3n) is 3.74. The minimum absolute atomic E-state index is 0. The van der Waals surface area contributed by atoms with E-state index in [9.17, 15) is 19.6 Å². The minimum atomic E-state index is -0.830. The zero-order valence-corrected chi connectivity index (χ0v) is 21.0. The van der Waals surface area contributed by atoms with Crippen LogP contribution in [0.25, 0.3) is 0 Å². The number of phenols is 3. The molecule has 0 aromatic heterocycles. The fourth-order valence-corrected chi connectivity index (χ4v) is 2.17. The Hall–Kier alpha value is -3.13. The number of carbonyl (C=O) groups is 3. The maximum absolute atomic E-state index is 10.7. The Labute approximate surface area is 231 Å². The van der Waals surface area contributed by atoms with Crippen LogP contribution < -0.4 is 46.0 Å². The summed E-state index contributed by atoms with van der Waals surface area (Å²) in [5.41, 5.74) is 4.11. The predicted molar refractivity (Wildman–Crippen MR) is 114 cm³/mol. The number of para-hydroxylation sites is 3. The van der Waals surface area contributed by atoms with Crippen molar-refractivity contribution in [2.75, 3.05) is 0 Å². The standard InChI is InChI=1S/2C7H7NO3.C7H6NO3.Cu.Na/c3*9-6-4-2-1-3-5(6)7(10)8-11;;/h2*1-4,9,11H,(H,8,10);1-4H,(H2-,8,9,10,11);;/q;;-1;;+1. The first kappa shape index (κ1) is 34.0. The number of phenolic OH excluding ortho intramolecular Hbond substituents is 3. The van der Waals surface area contributed by atoms with E-state index in [1.165, 1.54) is 52.8 Å². The van der Waals surface area contributed by atoms with E-state index in [1.54, 1.807) is 36.4 Å². The van der Waals surface area contributed by atoms with E-state index < -0.39 is 17.7 Å². The third-order valence-corrected chi connectivity index (χ3v) is 3.74. The van der Waals surface area contributed by atoms with Gasteiger partial charge in [0.25, 0.3) is 11.8 Å². The molecule has 0 fully saturated rings. The molecule has 1 radical (unpaired) electrons. The molecule has 35 heavy (non-hydrogen) atoms. The third kappa shape index (κ3) is 11.2.